The Balaban J connectivity index is 0.00000144. The monoisotopic (exact) mass is 254 g/mol. The molecule has 4 nitrogen and oxygen atoms in total. The molecule has 0 saturated carbocycles. The van der Waals surface area contributed by atoms with Gasteiger partial charge in [-0.1, -0.05) is 0 Å². The maximum atomic E-state index is 5.87. The average Bonchev–Trinajstić information content (AvgIpc) is 2.83. The molecule has 1 aromatic rings. The summed E-state index contributed by atoms with van der Waals surface area (Å²) in [7, 11) is 0. The largest absolute Gasteiger partial charge is 0.383 e. The van der Waals surface area contributed by atoms with Crippen LogP contribution in [0.25, 0.3) is 0 Å². The predicted octanol–water partition coefficient (Wildman–Crippen LogP) is 1.30. The van der Waals surface area contributed by atoms with Gasteiger partial charge in [-0.25, -0.2) is 0 Å². The number of nitrogens with two attached hydrogens (primary N) is 1. The van der Waals surface area contributed by atoms with Crippen LogP contribution in [0.5, 0.6) is 0 Å². The molecule has 0 aromatic carbocycles. The summed E-state index contributed by atoms with van der Waals surface area (Å²) in [5, 5.41) is 0. The summed E-state index contributed by atoms with van der Waals surface area (Å²) < 4.78 is 0. The quantitative estimate of drug-likeness (QED) is 0.651. The zero-order chi connectivity index (χ0) is 11.2. The fourth-order valence-corrected chi connectivity index (χ4v) is 1.92. The van der Waals surface area contributed by atoms with Gasteiger partial charge in [-0.05, 0) is 38.1 Å². The molecule has 0 amide bonds. The molecule has 94 valence electrons. The molecule has 0 atom stereocenters. The Morgan fingerprint density at radius 1 is 1.41 bits per heavy atom. The summed E-state index contributed by atoms with van der Waals surface area (Å²) in [5.41, 5.74) is 6.78. The average molecular weight is 255 g/mol. The van der Waals surface area contributed by atoms with E-state index in [0.29, 0.717) is 5.84 Å². The zero-order valence-corrected chi connectivity index (χ0v) is 10.7. The van der Waals surface area contributed by atoms with Crippen LogP contribution in [0.4, 0.5) is 0 Å². The molecule has 0 unspecified atom stereocenters. The molecule has 0 aliphatic carbocycles. The van der Waals surface area contributed by atoms with Crippen LogP contribution in [0.15, 0.2) is 29.5 Å². The van der Waals surface area contributed by atoms with Gasteiger partial charge in [-0.3, -0.25) is 9.98 Å². The number of hydrogen-bond acceptors (Lipinski definition) is 3. The maximum absolute atomic E-state index is 5.87. The first-order valence-corrected chi connectivity index (χ1v) is 5.79. The van der Waals surface area contributed by atoms with Crippen molar-refractivity contribution in [2.45, 2.75) is 12.8 Å². The Hall–Kier alpha value is -1.13. The number of rotatable bonds is 4. The summed E-state index contributed by atoms with van der Waals surface area (Å²) >= 11 is 0. The van der Waals surface area contributed by atoms with E-state index in [-0.39, 0.29) is 12.4 Å². The molecule has 0 spiro atoms. The second-order valence-electron chi connectivity index (χ2n) is 4.06. The van der Waals surface area contributed by atoms with E-state index in [1.54, 1.807) is 12.4 Å². The van der Waals surface area contributed by atoms with Crippen molar-refractivity contribution in [2.24, 2.45) is 10.7 Å². The molecular formula is C12H19ClN4. The number of pyridine rings is 1. The highest BCUT2D eigenvalue weighted by Gasteiger charge is 2.09. The molecule has 2 heterocycles. The summed E-state index contributed by atoms with van der Waals surface area (Å²) in [6.45, 7) is 4.21. The van der Waals surface area contributed by atoms with Crippen molar-refractivity contribution in [3.8, 4) is 0 Å². The van der Waals surface area contributed by atoms with Gasteiger partial charge in [0.05, 0.1) is 6.54 Å². The molecule has 1 saturated heterocycles. The van der Waals surface area contributed by atoms with E-state index >= 15 is 0 Å². The van der Waals surface area contributed by atoms with Crippen LogP contribution in [-0.4, -0.2) is 41.9 Å². The SMILES string of the molecule is Cl.NC(=NCCN1CCCC1)c1cccnc1. The summed E-state index contributed by atoms with van der Waals surface area (Å²) in [4.78, 5) is 10.8. The zero-order valence-electron chi connectivity index (χ0n) is 9.88. The smallest absolute Gasteiger partial charge is 0.127 e. The van der Waals surface area contributed by atoms with E-state index in [1.165, 1.54) is 25.9 Å². The van der Waals surface area contributed by atoms with Gasteiger partial charge in [0.2, 0.25) is 0 Å². The Bertz CT molecular complexity index is 347. The lowest BCUT2D eigenvalue weighted by atomic mass is 10.3. The highest BCUT2D eigenvalue weighted by atomic mass is 35.5. The molecule has 1 aliphatic rings. The third-order valence-corrected chi connectivity index (χ3v) is 2.85. The molecular weight excluding hydrogens is 236 g/mol. The minimum atomic E-state index is 0. The van der Waals surface area contributed by atoms with Crippen molar-refractivity contribution in [3.05, 3.63) is 30.1 Å². The lowest BCUT2D eigenvalue weighted by Crippen LogP contribution is -2.24. The number of nitrogens with zero attached hydrogens (tertiary/aromatic N) is 3. The molecule has 17 heavy (non-hydrogen) atoms. The number of amidine groups is 1. The molecule has 0 bridgehead atoms. The Morgan fingerprint density at radius 3 is 2.82 bits per heavy atom. The van der Waals surface area contributed by atoms with Crippen molar-refractivity contribution >= 4 is 18.2 Å². The third-order valence-electron chi connectivity index (χ3n) is 2.85. The molecule has 2 N–H and O–H groups in total. The van der Waals surface area contributed by atoms with E-state index in [4.69, 9.17) is 5.73 Å². The molecule has 2 rings (SSSR count). The molecule has 1 fully saturated rings. The first-order chi connectivity index (χ1) is 7.86. The Kier molecular flexibility index (Phi) is 5.94. The van der Waals surface area contributed by atoms with Gasteiger partial charge in [0.1, 0.15) is 5.84 Å². The highest BCUT2D eigenvalue weighted by Crippen LogP contribution is 2.06. The number of likely N-dealkylation sites (tertiary alicyclic amines) is 1. The molecule has 1 aliphatic heterocycles. The van der Waals surface area contributed by atoms with Crippen LogP contribution in [0, 0.1) is 0 Å². The molecule has 5 heteroatoms. The minimum absolute atomic E-state index is 0. The van der Waals surface area contributed by atoms with E-state index in [2.05, 4.69) is 14.9 Å². The van der Waals surface area contributed by atoms with Gasteiger partial charge < -0.3 is 10.6 Å². The Morgan fingerprint density at radius 2 is 2.18 bits per heavy atom. The second-order valence-corrected chi connectivity index (χ2v) is 4.06. The van der Waals surface area contributed by atoms with Crippen molar-refractivity contribution in [2.75, 3.05) is 26.2 Å². The van der Waals surface area contributed by atoms with Crippen molar-refractivity contribution in [1.82, 2.24) is 9.88 Å². The van der Waals surface area contributed by atoms with E-state index in [0.717, 1.165) is 18.7 Å². The molecule has 1 aromatic heterocycles. The normalized spacial score (nSPS) is 16.8. The number of aliphatic imine (C=N–C) groups is 1. The van der Waals surface area contributed by atoms with E-state index in [9.17, 15) is 0 Å². The summed E-state index contributed by atoms with van der Waals surface area (Å²) in [6, 6.07) is 3.81. The Labute approximate surface area is 108 Å². The number of halogens is 1. The summed E-state index contributed by atoms with van der Waals surface area (Å²) in [5.74, 6) is 0.590. The first kappa shape index (κ1) is 13.9. The predicted molar refractivity (Wildman–Crippen MR) is 72.8 cm³/mol. The minimum Gasteiger partial charge on any atom is -0.383 e. The fraction of sp³-hybridized carbons (Fsp3) is 0.500. The maximum Gasteiger partial charge on any atom is 0.127 e. The second kappa shape index (κ2) is 7.25. The van der Waals surface area contributed by atoms with Gasteiger partial charge >= 0.3 is 0 Å². The van der Waals surface area contributed by atoms with Crippen molar-refractivity contribution < 1.29 is 0 Å². The van der Waals surface area contributed by atoms with Crippen LogP contribution in [0.1, 0.15) is 18.4 Å². The van der Waals surface area contributed by atoms with Crippen LogP contribution in [-0.2, 0) is 0 Å². The number of hydrogen-bond donors (Lipinski definition) is 1. The fourth-order valence-electron chi connectivity index (χ4n) is 1.92. The van der Waals surface area contributed by atoms with Crippen LogP contribution in [0.3, 0.4) is 0 Å². The van der Waals surface area contributed by atoms with E-state index in [1.807, 2.05) is 12.1 Å². The van der Waals surface area contributed by atoms with E-state index < -0.39 is 0 Å². The van der Waals surface area contributed by atoms with Crippen LogP contribution < -0.4 is 5.73 Å². The van der Waals surface area contributed by atoms with Gasteiger partial charge in [-0.15, -0.1) is 12.4 Å². The lowest BCUT2D eigenvalue weighted by molar-refractivity contribution is 0.349. The van der Waals surface area contributed by atoms with Gasteiger partial charge in [0.15, 0.2) is 0 Å². The summed E-state index contributed by atoms with van der Waals surface area (Å²) in [6.07, 6.45) is 6.12. The van der Waals surface area contributed by atoms with Crippen LogP contribution in [0.2, 0.25) is 0 Å². The van der Waals surface area contributed by atoms with Crippen LogP contribution >= 0.6 is 12.4 Å². The van der Waals surface area contributed by atoms with Crippen molar-refractivity contribution in [3.63, 3.8) is 0 Å². The van der Waals surface area contributed by atoms with Gasteiger partial charge in [0.25, 0.3) is 0 Å². The lowest BCUT2D eigenvalue weighted by Gasteiger charge is -2.12. The van der Waals surface area contributed by atoms with Crippen molar-refractivity contribution in [1.29, 1.82) is 0 Å². The van der Waals surface area contributed by atoms with Gasteiger partial charge in [-0.2, -0.15) is 0 Å². The topological polar surface area (TPSA) is 54.5 Å². The number of aromatic nitrogens is 1. The first-order valence-electron chi connectivity index (χ1n) is 5.79. The third kappa shape index (κ3) is 4.32. The van der Waals surface area contributed by atoms with Gasteiger partial charge in [0, 0.05) is 24.5 Å². The molecule has 0 radical (unpaired) electrons. The standard InChI is InChI=1S/C12H18N4.ClH/c13-12(11-4-3-5-14-10-11)15-6-9-16-7-1-2-8-16;/h3-5,10H,1-2,6-9H2,(H2,13,15);1H. The highest BCUT2D eigenvalue weighted by molar-refractivity contribution is 5.97.